The first-order valence-electron chi connectivity index (χ1n) is 3.56. The van der Waals surface area contributed by atoms with Crippen LogP contribution in [0.15, 0.2) is 0 Å². The van der Waals surface area contributed by atoms with Gasteiger partial charge in [0.25, 0.3) is 0 Å². The van der Waals surface area contributed by atoms with Crippen LogP contribution in [0.5, 0.6) is 0 Å². The Hall–Kier alpha value is 0.0600. The maximum atomic E-state index is 11.7. The molecule has 6 heteroatoms. The highest BCUT2D eigenvalue weighted by Crippen LogP contribution is 2.21. The van der Waals surface area contributed by atoms with Crippen molar-refractivity contribution in [3.8, 4) is 0 Å². The summed E-state index contributed by atoms with van der Waals surface area (Å²) in [4.78, 5) is 0. The molecule has 1 aliphatic rings. The summed E-state index contributed by atoms with van der Waals surface area (Å²) in [7, 11) is 0. The standard InChI is InChI=1S/C6H10F3NOS/c7-6(8,9)5(11)1-10-4-2-12-3-4/h4-5,10-11H,1-3H2/t5-/m1/s1. The maximum absolute atomic E-state index is 11.7. The van der Waals surface area contributed by atoms with Crippen LogP contribution in [0.3, 0.4) is 0 Å². The van der Waals surface area contributed by atoms with Crippen molar-refractivity contribution in [3.63, 3.8) is 0 Å². The van der Waals surface area contributed by atoms with Crippen LogP contribution in [0.1, 0.15) is 0 Å². The topological polar surface area (TPSA) is 32.3 Å². The van der Waals surface area contributed by atoms with Gasteiger partial charge < -0.3 is 10.4 Å². The van der Waals surface area contributed by atoms with E-state index in [1.165, 1.54) is 0 Å². The zero-order valence-electron chi connectivity index (χ0n) is 6.27. The Balaban J connectivity index is 2.13. The highest BCUT2D eigenvalue weighted by Gasteiger charge is 2.38. The summed E-state index contributed by atoms with van der Waals surface area (Å²) in [6.45, 7) is -0.394. The number of alkyl halides is 3. The smallest absolute Gasteiger partial charge is 0.382 e. The number of aliphatic hydroxyl groups excluding tert-OH is 1. The van der Waals surface area contributed by atoms with Crippen molar-refractivity contribution in [2.45, 2.75) is 18.3 Å². The average Bonchev–Trinajstić information content (AvgIpc) is 1.81. The molecular weight excluding hydrogens is 191 g/mol. The van der Waals surface area contributed by atoms with Gasteiger partial charge in [0.1, 0.15) is 0 Å². The number of thioether (sulfide) groups is 1. The largest absolute Gasteiger partial charge is 0.415 e. The summed E-state index contributed by atoms with van der Waals surface area (Å²) in [6.07, 6.45) is -6.73. The third-order valence-electron chi connectivity index (χ3n) is 1.62. The van der Waals surface area contributed by atoms with E-state index >= 15 is 0 Å². The van der Waals surface area contributed by atoms with Gasteiger partial charge in [-0.3, -0.25) is 0 Å². The van der Waals surface area contributed by atoms with E-state index in [4.69, 9.17) is 5.11 Å². The third kappa shape index (κ3) is 2.84. The first-order valence-corrected chi connectivity index (χ1v) is 4.71. The maximum Gasteiger partial charge on any atom is 0.415 e. The second-order valence-electron chi connectivity index (χ2n) is 2.70. The monoisotopic (exact) mass is 201 g/mol. The van der Waals surface area contributed by atoms with Gasteiger partial charge in [0.2, 0.25) is 0 Å². The molecule has 1 rings (SSSR count). The molecule has 0 amide bonds. The normalized spacial score (nSPS) is 22.0. The fourth-order valence-corrected chi connectivity index (χ4v) is 1.45. The third-order valence-corrected chi connectivity index (χ3v) is 2.89. The van der Waals surface area contributed by atoms with Gasteiger partial charge in [0.05, 0.1) is 0 Å². The average molecular weight is 201 g/mol. The van der Waals surface area contributed by atoms with E-state index < -0.39 is 18.8 Å². The molecule has 1 heterocycles. The molecule has 1 atom stereocenters. The number of nitrogens with one attached hydrogen (secondary N) is 1. The Labute approximate surface area is 72.5 Å². The van der Waals surface area contributed by atoms with Crippen LogP contribution in [-0.2, 0) is 0 Å². The number of hydrogen-bond donors (Lipinski definition) is 2. The molecule has 0 aromatic heterocycles. The molecule has 0 aromatic carbocycles. The zero-order chi connectivity index (χ0) is 9.19. The molecule has 0 aromatic rings. The molecule has 0 spiro atoms. The molecule has 1 fully saturated rings. The van der Waals surface area contributed by atoms with Crippen LogP contribution in [0, 0.1) is 0 Å². The molecule has 0 unspecified atom stereocenters. The van der Waals surface area contributed by atoms with Crippen LogP contribution in [0.25, 0.3) is 0 Å². The Morgan fingerprint density at radius 3 is 2.42 bits per heavy atom. The van der Waals surface area contributed by atoms with Crippen LogP contribution in [0.4, 0.5) is 13.2 Å². The minimum Gasteiger partial charge on any atom is -0.382 e. The molecule has 72 valence electrons. The number of rotatable bonds is 3. The number of halogens is 3. The van der Waals surface area contributed by atoms with Gasteiger partial charge >= 0.3 is 6.18 Å². The minimum atomic E-state index is -4.50. The van der Waals surface area contributed by atoms with Crippen LogP contribution >= 0.6 is 11.8 Å². The van der Waals surface area contributed by atoms with Gasteiger partial charge in [-0.05, 0) is 0 Å². The summed E-state index contributed by atoms with van der Waals surface area (Å²) in [6, 6.07) is 0.145. The van der Waals surface area contributed by atoms with Crippen molar-refractivity contribution < 1.29 is 18.3 Å². The number of hydrogen-bond acceptors (Lipinski definition) is 3. The first-order chi connectivity index (χ1) is 5.50. The van der Waals surface area contributed by atoms with Crippen LogP contribution in [0.2, 0.25) is 0 Å². The van der Waals surface area contributed by atoms with E-state index in [0.29, 0.717) is 0 Å². The second-order valence-corrected chi connectivity index (χ2v) is 3.77. The molecule has 2 nitrogen and oxygen atoms in total. The molecule has 1 saturated heterocycles. The van der Waals surface area contributed by atoms with E-state index in [1.54, 1.807) is 11.8 Å². The summed E-state index contributed by atoms with van der Waals surface area (Å²) >= 11 is 1.68. The lowest BCUT2D eigenvalue weighted by atomic mass is 10.3. The van der Waals surface area contributed by atoms with E-state index in [-0.39, 0.29) is 6.04 Å². The predicted molar refractivity (Wildman–Crippen MR) is 41.2 cm³/mol. The Morgan fingerprint density at radius 2 is 2.08 bits per heavy atom. The van der Waals surface area contributed by atoms with Crippen molar-refractivity contribution in [1.29, 1.82) is 0 Å². The van der Waals surface area contributed by atoms with Crippen molar-refractivity contribution in [2.75, 3.05) is 18.1 Å². The SMILES string of the molecule is O[C@H](CNC1CSC1)C(F)(F)F. The number of aliphatic hydroxyl groups is 1. The molecule has 2 N–H and O–H groups in total. The molecule has 0 aliphatic carbocycles. The summed E-state index contributed by atoms with van der Waals surface area (Å²) in [5.41, 5.74) is 0. The quantitative estimate of drug-likeness (QED) is 0.702. The summed E-state index contributed by atoms with van der Waals surface area (Å²) in [5.74, 6) is 1.68. The second kappa shape index (κ2) is 3.85. The van der Waals surface area contributed by atoms with Crippen molar-refractivity contribution in [2.24, 2.45) is 0 Å². The van der Waals surface area contributed by atoms with E-state index in [0.717, 1.165) is 11.5 Å². The van der Waals surface area contributed by atoms with E-state index in [9.17, 15) is 13.2 Å². The Bertz CT molecular complexity index is 148. The van der Waals surface area contributed by atoms with Crippen molar-refractivity contribution >= 4 is 11.8 Å². The summed E-state index contributed by atoms with van der Waals surface area (Å²) in [5, 5.41) is 11.2. The summed E-state index contributed by atoms with van der Waals surface area (Å²) < 4.78 is 35.2. The van der Waals surface area contributed by atoms with Crippen molar-refractivity contribution in [3.05, 3.63) is 0 Å². The van der Waals surface area contributed by atoms with Gasteiger partial charge in [-0.25, -0.2) is 0 Å². The lowest BCUT2D eigenvalue weighted by Crippen LogP contribution is -2.47. The highest BCUT2D eigenvalue weighted by molar-refractivity contribution is 8.00. The van der Waals surface area contributed by atoms with E-state index in [1.807, 2.05) is 0 Å². The molecule has 0 saturated carbocycles. The lowest BCUT2D eigenvalue weighted by Gasteiger charge is -2.27. The lowest BCUT2D eigenvalue weighted by molar-refractivity contribution is -0.202. The fourth-order valence-electron chi connectivity index (χ4n) is 0.748. The molecule has 0 radical (unpaired) electrons. The predicted octanol–water partition coefficient (Wildman–Crippen LogP) is 0.615. The molecular formula is C6H10F3NOS. The van der Waals surface area contributed by atoms with Gasteiger partial charge in [-0.15, -0.1) is 0 Å². The minimum absolute atomic E-state index is 0.145. The Morgan fingerprint density at radius 1 is 1.50 bits per heavy atom. The van der Waals surface area contributed by atoms with Crippen LogP contribution in [-0.4, -0.2) is 41.5 Å². The van der Waals surface area contributed by atoms with E-state index in [2.05, 4.69) is 5.32 Å². The molecule has 0 bridgehead atoms. The molecule has 1 aliphatic heterocycles. The van der Waals surface area contributed by atoms with Crippen LogP contribution < -0.4 is 5.32 Å². The molecule has 12 heavy (non-hydrogen) atoms. The van der Waals surface area contributed by atoms with Crippen molar-refractivity contribution in [1.82, 2.24) is 5.32 Å². The van der Waals surface area contributed by atoms with Gasteiger partial charge in [-0.2, -0.15) is 24.9 Å². The van der Waals surface area contributed by atoms with Gasteiger partial charge in [0.15, 0.2) is 6.10 Å². The Kier molecular flexibility index (Phi) is 3.25. The van der Waals surface area contributed by atoms with Gasteiger partial charge in [0, 0.05) is 24.1 Å². The van der Waals surface area contributed by atoms with Gasteiger partial charge in [-0.1, -0.05) is 0 Å². The first kappa shape index (κ1) is 10.1. The zero-order valence-corrected chi connectivity index (χ0v) is 7.08. The fraction of sp³-hybridized carbons (Fsp3) is 1.00. The highest BCUT2D eigenvalue weighted by atomic mass is 32.2.